The van der Waals surface area contributed by atoms with Crippen LogP contribution < -0.4 is 9.64 Å². The number of nitrogens with zero attached hydrogens (tertiary/aromatic N) is 1. The lowest BCUT2D eigenvalue weighted by atomic mass is 10.1. The monoisotopic (exact) mass is 235 g/mol. The van der Waals surface area contributed by atoms with Crippen LogP contribution in [-0.4, -0.2) is 29.5 Å². The average molecular weight is 235 g/mol. The van der Waals surface area contributed by atoms with Gasteiger partial charge in [-0.1, -0.05) is 0 Å². The summed E-state index contributed by atoms with van der Waals surface area (Å²) in [4.78, 5) is 34.2. The highest BCUT2D eigenvalue weighted by Crippen LogP contribution is 2.33. The molecule has 0 fully saturated rings. The molecule has 0 unspecified atom stereocenters. The van der Waals surface area contributed by atoms with Gasteiger partial charge >= 0.3 is 6.09 Å². The molecule has 0 bridgehead atoms. The molecule has 0 atom stereocenters. The van der Waals surface area contributed by atoms with Crippen LogP contribution in [0, 0.1) is 0 Å². The zero-order valence-corrected chi connectivity index (χ0v) is 8.97. The number of benzene rings is 1. The molecule has 0 saturated heterocycles. The van der Waals surface area contributed by atoms with Crippen molar-refractivity contribution in [2.45, 2.75) is 6.92 Å². The molecular weight excluding hydrogens is 226 g/mol. The van der Waals surface area contributed by atoms with Crippen LogP contribution in [0.2, 0.25) is 0 Å². The Hall–Kier alpha value is -2.37. The quantitative estimate of drug-likeness (QED) is 0.741. The van der Waals surface area contributed by atoms with Crippen LogP contribution in [0.3, 0.4) is 0 Å². The van der Waals surface area contributed by atoms with Crippen molar-refractivity contribution in [3.8, 4) is 5.75 Å². The van der Waals surface area contributed by atoms with Crippen molar-refractivity contribution in [1.82, 2.24) is 0 Å². The highest BCUT2D eigenvalue weighted by molar-refractivity contribution is 6.14. The molecule has 0 aliphatic carbocycles. The highest BCUT2D eigenvalue weighted by atomic mass is 16.5. The van der Waals surface area contributed by atoms with E-state index in [4.69, 9.17) is 9.84 Å². The van der Waals surface area contributed by atoms with Gasteiger partial charge < -0.3 is 9.84 Å². The first-order valence-corrected chi connectivity index (χ1v) is 4.84. The number of carbonyl (C=O) groups excluding carboxylic acids is 2. The zero-order chi connectivity index (χ0) is 12.6. The molecule has 1 aromatic carbocycles. The molecule has 0 saturated carbocycles. The van der Waals surface area contributed by atoms with Gasteiger partial charge in [0.2, 0.25) is 0 Å². The molecule has 6 heteroatoms. The van der Waals surface area contributed by atoms with Gasteiger partial charge in [-0.15, -0.1) is 0 Å². The molecule has 1 aliphatic heterocycles. The zero-order valence-electron chi connectivity index (χ0n) is 8.97. The van der Waals surface area contributed by atoms with Crippen LogP contribution in [0.25, 0.3) is 0 Å². The van der Waals surface area contributed by atoms with Gasteiger partial charge in [0.15, 0.2) is 12.4 Å². The Balaban J connectivity index is 2.56. The van der Waals surface area contributed by atoms with E-state index in [0.717, 1.165) is 0 Å². The first-order chi connectivity index (χ1) is 8.00. The lowest BCUT2D eigenvalue weighted by Gasteiger charge is -2.25. The highest BCUT2D eigenvalue weighted by Gasteiger charge is 2.31. The van der Waals surface area contributed by atoms with Crippen LogP contribution in [0.4, 0.5) is 10.5 Å². The largest absolute Gasteiger partial charge is 0.482 e. The summed E-state index contributed by atoms with van der Waals surface area (Å²) in [6.45, 7) is 1.04. The van der Waals surface area contributed by atoms with E-state index in [1.807, 2.05) is 0 Å². The van der Waals surface area contributed by atoms with E-state index >= 15 is 0 Å². The summed E-state index contributed by atoms with van der Waals surface area (Å²) < 4.78 is 5.09. The molecule has 0 spiro atoms. The fraction of sp³-hybridized carbons (Fsp3) is 0.182. The Morgan fingerprint density at radius 3 is 2.71 bits per heavy atom. The number of rotatable bonds is 1. The maximum absolute atomic E-state index is 11.4. The molecule has 17 heavy (non-hydrogen) atoms. The SMILES string of the molecule is CC(=O)c1ccc2c(c1)N(C(=O)O)C(=O)CO2. The maximum Gasteiger partial charge on any atom is 0.418 e. The summed E-state index contributed by atoms with van der Waals surface area (Å²) in [7, 11) is 0. The second-order valence-corrected chi connectivity index (χ2v) is 3.54. The molecule has 88 valence electrons. The predicted octanol–water partition coefficient (Wildman–Crippen LogP) is 1.29. The molecule has 1 heterocycles. The van der Waals surface area contributed by atoms with E-state index in [1.165, 1.54) is 25.1 Å². The minimum absolute atomic E-state index is 0.0847. The number of hydrogen-bond acceptors (Lipinski definition) is 4. The summed E-state index contributed by atoms with van der Waals surface area (Å²) in [5.74, 6) is -0.612. The smallest absolute Gasteiger partial charge is 0.418 e. The molecule has 1 N–H and O–H groups in total. The van der Waals surface area contributed by atoms with Gasteiger partial charge in [-0.25, -0.2) is 9.69 Å². The van der Waals surface area contributed by atoms with Gasteiger partial charge in [-0.3, -0.25) is 9.59 Å². The fourth-order valence-electron chi connectivity index (χ4n) is 1.58. The van der Waals surface area contributed by atoms with Gasteiger partial charge in [0, 0.05) is 5.56 Å². The summed E-state index contributed by atoms with van der Waals surface area (Å²) in [5, 5.41) is 8.95. The second kappa shape index (κ2) is 3.89. The lowest BCUT2D eigenvalue weighted by Crippen LogP contribution is -2.42. The van der Waals surface area contributed by atoms with E-state index in [1.54, 1.807) is 0 Å². The summed E-state index contributed by atoms with van der Waals surface area (Å²) in [6, 6.07) is 4.34. The molecule has 0 aromatic heterocycles. The number of amides is 2. The number of hydrogen-bond donors (Lipinski definition) is 1. The van der Waals surface area contributed by atoms with Crippen molar-refractivity contribution < 1.29 is 24.2 Å². The van der Waals surface area contributed by atoms with E-state index in [0.29, 0.717) is 10.5 Å². The van der Waals surface area contributed by atoms with E-state index in [-0.39, 0.29) is 23.8 Å². The average Bonchev–Trinajstić information content (AvgIpc) is 2.27. The molecule has 0 radical (unpaired) electrons. The van der Waals surface area contributed by atoms with E-state index in [9.17, 15) is 14.4 Å². The standard InChI is InChI=1S/C11H9NO5/c1-6(13)7-2-3-9-8(4-7)12(11(15)16)10(14)5-17-9/h2-4H,5H2,1H3,(H,15,16). The number of carbonyl (C=O) groups is 3. The predicted molar refractivity (Wildman–Crippen MR) is 57.5 cm³/mol. The third-order valence-corrected chi connectivity index (χ3v) is 2.40. The van der Waals surface area contributed by atoms with Crippen LogP contribution in [0.15, 0.2) is 18.2 Å². The third kappa shape index (κ3) is 1.84. The number of carboxylic acid groups (broad SMARTS) is 1. The first-order valence-electron chi connectivity index (χ1n) is 4.84. The van der Waals surface area contributed by atoms with E-state index in [2.05, 4.69) is 0 Å². The topological polar surface area (TPSA) is 83.9 Å². The van der Waals surface area contributed by atoms with Gasteiger partial charge in [0.25, 0.3) is 5.91 Å². The first kappa shape index (κ1) is 11.1. The number of fused-ring (bicyclic) bond motifs is 1. The van der Waals surface area contributed by atoms with Gasteiger partial charge in [0.1, 0.15) is 5.75 Å². The number of imide groups is 1. The lowest BCUT2D eigenvalue weighted by molar-refractivity contribution is -0.120. The van der Waals surface area contributed by atoms with Gasteiger partial charge in [0.05, 0.1) is 5.69 Å². The minimum Gasteiger partial charge on any atom is -0.482 e. The Morgan fingerprint density at radius 1 is 1.41 bits per heavy atom. The molecule has 1 aromatic rings. The van der Waals surface area contributed by atoms with Crippen LogP contribution in [-0.2, 0) is 4.79 Å². The summed E-state index contributed by atoms with van der Waals surface area (Å²) >= 11 is 0. The minimum atomic E-state index is -1.39. The number of ether oxygens (including phenoxy) is 1. The molecule has 2 amide bonds. The summed E-state index contributed by atoms with van der Waals surface area (Å²) in [5.41, 5.74) is 0.412. The molecular formula is C11H9NO5. The van der Waals surface area contributed by atoms with E-state index < -0.39 is 12.0 Å². The van der Waals surface area contributed by atoms with Crippen molar-refractivity contribution in [3.05, 3.63) is 23.8 Å². The molecule has 6 nitrogen and oxygen atoms in total. The third-order valence-electron chi connectivity index (χ3n) is 2.40. The van der Waals surface area contributed by atoms with Crippen molar-refractivity contribution in [1.29, 1.82) is 0 Å². The summed E-state index contributed by atoms with van der Waals surface area (Å²) in [6.07, 6.45) is -1.39. The second-order valence-electron chi connectivity index (χ2n) is 3.54. The van der Waals surface area contributed by atoms with Gasteiger partial charge in [-0.05, 0) is 25.1 Å². The maximum atomic E-state index is 11.4. The van der Waals surface area contributed by atoms with Crippen LogP contribution in [0.5, 0.6) is 5.75 Å². The van der Waals surface area contributed by atoms with Crippen molar-refractivity contribution in [3.63, 3.8) is 0 Å². The number of Topliss-reactive ketones (excluding diaryl/α,β-unsaturated/α-hetero) is 1. The van der Waals surface area contributed by atoms with Gasteiger partial charge in [-0.2, -0.15) is 0 Å². The van der Waals surface area contributed by atoms with Crippen molar-refractivity contribution in [2.24, 2.45) is 0 Å². The molecule has 2 rings (SSSR count). The van der Waals surface area contributed by atoms with Crippen LogP contribution >= 0.6 is 0 Å². The van der Waals surface area contributed by atoms with Crippen molar-refractivity contribution >= 4 is 23.5 Å². The number of ketones is 1. The Labute approximate surface area is 96.4 Å². The Bertz CT molecular complexity index is 523. The van der Waals surface area contributed by atoms with Crippen LogP contribution in [0.1, 0.15) is 17.3 Å². The van der Waals surface area contributed by atoms with Crippen molar-refractivity contribution in [2.75, 3.05) is 11.5 Å². The normalized spacial score (nSPS) is 13.9. The molecule has 1 aliphatic rings. The Kier molecular flexibility index (Phi) is 2.55. The Morgan fingerprint density at radius 2 is 2.12 bits per heavy atom. The number of anilines is 1. The fourth-order valence-corrected chi connectivity index (χ4v) is 1.58.